The average molecular weight is 359 g/mol. The van der Waals surface area contributed by atoms with Crippen molar-refractivity contribution < 1.29 is 9.32 Å². The number of nitrogens with one attached hydrogen (secondary N) is 1. The normalized spacial score (nSPS) is 12.2. The molecule has 6 nitrogen and oxygen atoms in total. The lowest BCUT2D eigenvalue weighted by Gasteiger charge is -2.14. The summed E-state index contributed by atoms with van der Waals surface area (Å²) in [5, 5.41) is 11.8. The molecule has 0 radical (unpaired) electrons. The molecule has 2 aromatic heterocycles. The van der Waals surface area contributed by atoms with Crippen LogP contribution in [0.4, 0.5) is 0 Å². The molecule has 1 aromatic carbocycles. The predicted octanol–water partition coefficient (Wildman–Crippen LogP) is 3.84. The molecule has 1 amide bonds. The van der Waals surface area contributed by atoms with Gasteiger partial charge in [0.25, 0.3) is 5.91 Å². The molecule has 0 saturated carbocycles. The van der Waals surface area contributed by atoms with Crippen LogP contribution in [0.5, 0.6) is 0 Å². The number of nitrogens with zero attached hydrogens (tertiary/aromatic N) is 3. The van der Waals surface area contributed by atoms with E-state index in [-0.39, 0.29) is 11.9 Å². The second kappa shape index (κ2) is 6.72. The second-order valence-corrected chi connectivity index (χ2v) is 6.35. The molecular weight excluding hydrogens is 340 g/mol. The van der Waals surface area contributed by atoms with Crippen molar-refractivity contribution in [3.8, 4) is 11.3 Å². The zero-order chi connectivity index (χ0) is 18.1. The number of hydrogen-bond donors (Lipinski definition) is 1. The first-order valence-electron chi connectivity index (χ1n) is 7.90. The second-order valence-electron chi connectivity index (χ2n) is 5.95. The Morgan fingerprint density at radius 3 is 2.68 bits per heavy atom. The molecule has 0 fully saturated rings. The van der Waals surface area contributed by atoms with E-state index in [1.807, 2.05) is 39.1 Å². The van der Waals surface area contributed by atoms with Gasteiger partial charge < -0.3 is 9.84 Å². The van der Waals surface area contributed by atoms with Crippen LogP contribution >= 0.6 is 11.6 Å². The molecule has 2 heterocycles. The SMILES string of the molecule is Cc1onc(-c2ccccc2Cl)c1C(=O)NC(C)c1cnn(C)c1C. The number of aryl methyl sites for hydroxylation is 2. The molecule has 1 N–H and O–H groups in total. The Balaban J connectivity index is 1.92. The molecule has 3 rings (SSSR count). The Kier molecular flexibility index (Phi) is 4.63. The van der Waals surface area contributed by atoms with Gasteiger partial charge in [-0.3, -0.25) is 9.48 Å². The highest BCUT2D eigenvalue weighted by Crippen LogP contribution is 2.31. The fourth-order valence-corrected chi connectivity index (χ4v) is 2.99. The van der Waals surface area contributed by atoms with Crippen LogP contribution in [0.25, 0.3) is 11.3 Å². The predicted molar refractivity (Wildman–Crippen MR) is 95.5 cm³/mol. The molecule has 0 bridgehead atoms. The van der Waals surface area contributed by atoms with E-state index in [0.29, 0.717) is 27.6 Å². The van der Waals surface area contributed by atoms with Gasteiger partial charge in [-0.05, 0) is 26.8 Å². The monoisotopic (exact) mass is 358 g/mol. The Morgan fingerprint density at radius 1 is 1.32 bits per heavy atom. The first-order chi connectivity index (χ1) is 11.9. The van der Waals surface area contributed by atoms with Crippen molar-refractivity contribution in [3.63, 3.8) is 0 Å². The molecule has 3 aromatic rings. The van der Waals surface area contributed by atoms with Gasteiger partial charge in [0.1, 0.15) is 17.0 Å². The number of rotatable bonds is 4. The van der Waals surface area contributed by atoms with E-state index < -0.39 is 0 Å². The molecule has 1 atom stereocenters. The summed E-state index contributed by atoms with van der Waals surface area (Å²) >= 11 is 6.25. The minimum atomic E-state index is -0.260. The quantitative estimate of drug-likeness (QED) is 0.769. The molecule has 7 heteroatoms. The van der Waals surface area contributed by atoms with Crippen molar-refractivity contribution in [2.75, 3.05) is 0 Å². The minimum Gasteiger partial charge on any atom is -0.360 e. The van der Waals surface area contributed by atoms with Crippen molar-refractivity contribution in [3.05, 3.63) is 58.1 Å². The lowest BCUT2D eigenvalue weighted by atomic mass is 10.0. The lowest BCUT2D eigenvalue weighted by molar-refractivity contribution is 0.0939. The zero-order valence-electron chi connectivity index (χ0n) is 14.5. The van der Waals surface area contributed by atoms with E-state index >= 15 is 0 Å². The van der Waals surface area contributed by atoms with E-state index in [0.717, 1.165) is 11.3 Å². The molecule has 130 valence electrons. The van der Waals surface area contributed by atoms with Gasteiger partial charge in [-0.2, -0.15) is 5.10 Å². The van der Waals surface area contributed by atoms with Crippen LogP contribution in [0.2, 0.25) is 5.02 Å². The van der Waals surface area contributed by atoms with Crippen molar-refractivity contribution in [1.29, 1.82) is 0 Å². The minimum absolute atomic E-state index is 0.199. The summed E-state index contributed by atoms with van der Waals surface area (Å²) in [4.78, 5) is 12.9. The number of carbonyl (C=O) groups is 1. The van der Waals surface area contributed by atoms with Gasteiger partial charge in [-0.1, -0.05) is 35.0 Å². The zero-order valence-corrected chi connectivity index (χ0v) is 15.3. The third-order valence-corrected chi connectivity index (χ3v) is 4.64. The molecule has 0 aliphatic rings. The van der Waals surface area contributed by atoms with Crippen LogP contribution in [0.3, 0.4) is 0 Å². The van der Waals surface area contributed by atoms with E-state index in [9.17, 15) is 4.79 Å². The molecular formula is C18H19ClN4O2. The molecule has 0 aliphatic heterocycles. The van der Waals surface area contributed by atoms with Gasteiger partial charge in [-0.15, -0.1) is 0 Å². The van der Waals surface area contributed by atoms with Gasteiger partial charge in [0.05, 0.1) is 17.3 Å². The summed E-state index contributed by atoms with van der Waals surface area (Å²) in [6.07, 6.45) is 1.76. The Labute approximate surface area is 150 Å². The summed E-state index contributed by atoms with van der Waals surface area (Å²) < 4.78 is 7.03. The van der Waals surface area contributed by atoms with Crippen LogP contribution < -0.4 is 5.32 Å². The van der Waals surface area contributed by atoms with Crippen molar-refractivity contribution in [2.45, 2.75) is 26.8 Å². The fourth-order valence-electron chi connectivity index (χ4n) is 2.76. The van der Waals surface area contributed by atoms with Gasteiger partial charge in [0.15, 0.2) is 0 Å². The maximum atomic E-state index is 12.9. The highest BCUT2D eigenvalue weighted by molar-refractivity contribution is 6.33. The summed E-state index contributed by atoms with van der Waals surface area (Å²) in [6.45, 7) is 5.59. The fraction of sp³-hybridized carbons (Fsp3) is 0.278. The first-order valence-corrected chi connectivity index (χ1v) is 8.28. The van der Waals surface area contributed by atoms with E-state index in [2.05, 4.69) is 15.6 Å². The number of halogens is 1. The summed E-state index contributed by atoms with van der Waals surface area (Å²) in [7, 11) is 1.87. The summed E-state index contributed by atoms with van der Waals surface area (Å²) in [6, 6.07) is 7.03. The van der Waals surface area contributed by atoms with Crippen LogP contribution in [0.15, 0.2) is 35.0 Å². The highest BCUT2D eigenvalue weighted by Gasteiger charge is 2.25. The van der Waals surface area contributed by atoms with Gasteiger partial charge >= 0.3 is 0 Å². The maximum absolute atomic E-state index is 12.9. The molecule has 0 aliphatic carbocycles. The maximum Gasteiger partial charge on any atom is 0.257 e. The largest absolute Gasteiger partial charge is 0.360 e. The lowest BCUT2D eigenvalue weighted by Crippen LogP contribution is -2.27. The standard InChI is InChI=1S/C18H19ClN4O2/c1-10(14-9-20-23(4)11(14)2)21-18(24)16-12(3)25-22-17(16)13-7-5-6-8-15(13)19/h5-10H,1-4H3,(H,21,24). The smallest absolute Gasteiger partial charge is 0.257 e. The summed E-state index contributed by atoms with van der Waals surface area (Å²) in [5.41, 5.74) is 3.46. The molecule has 0 spiro atoms. The van der Waals surface area contributed by atoms with Gasteiger partial charge in [0, 0.05) is 23.9 Å². The molecule has 1 unspecified atom stereocenters. The number of benzene rings is 1. The van der Waals surface area contributed by atoms with E-state index in [4.69, 9.17) is 16.1 Å². The van der Waals surface area contributed by atoms with Gasteiger partial charge in [-0.25, -0.2) is 0 Å². The summed E-state index contributed by atoms with van der Waals surface area (Å²) in [5.74, 6) is 0.187. The van der Waals surface area contributed by atoms with Gasteiger partial charge in [0.2, 0.25) is 0 Å². The average Bonchev–Trinajstić information content (AvgIpc) is 3.11. The van der Waals surface area contributed by atoms with Crippen molar-refractivity contribution in [1.82, 2.24) is 20.3 Å². The van der Waals surface area contributed by atoms with E-state index in [1.165, 1.54) is 0 Å². The number of amides is 1. The van der Waals surface area contributed by atoms with Crippen molar-refractivity contribution in [2.24, 2.45) is 7.05 Å². The third-order valence-electron chi connectivity index (χ3n) is 4.31. The highest BCUT2D eigenvalue weighted by atomic mass is 35.5. The molecule has 0 saturated heterocycles. The van der Waals surface area contributed by atoms with Crippen LogP contribution in [-0.4, -0.2) is 20.8 Å². The number of aromatic nitrogens is 3. The van der Waals surface area contributed by atoms with E-state index in [1.54, 1.807) is 23.9 Å². The van der Waals surface area contributed by atoms with Crippen LogP contribution in [-0.2, 0) is 7.05 Å². The Morgan fingerprint density at radius 2 is 2.04 bits per heavy atom. The number of hydrogen-bond acceptors (Lipinski definition) is 4. The van der Waals surface area contributed by atoms with Crippen molar-refractivity contribution >= 4 is 17.5 Å². The first kappa shape index (κ1) is 17.2. The molecule has 25 heavy (non-hydrogen) atoms. The Bertz CT molecular complexity index is 929. The number of carbonyl (C=O) groups excluding carboxylic acids is 1. The Hall–Kier alpha value is -2.60. The van der Waals surface area contributed by atoms with Crippen LogP contribution in [0.1, 0.15) is 40.3 Å². The topological polar surface area (TPSA) is 73.0 Å². The van der Waals surface area contributed by atoms with Crippen LogP contribution in [0, 0.1) is 13.8 Å². The third kappa shape index (κ3) is 3.17.